The van der Waals surface area contributed by atoms with Crippen LogP contribution in [0, 0.1) is 0 Å². The molecule has 1 atom stereocenters. The van der Waals surface area contributed by atoms with E-state index < -0.39 is 6.10 Å². The van der Waals surface area contributed by atoms with E-state index in [-0.39, 0.29) is 31.1 Å². The number of unbranched alkanes of at least 4 members (excludes halogenated alkanes) is 14. The van der Waals surface area contributed by atoms with Crippen molar-refractivity contribution in [3.63, 3.8) is 0 Å². The molecule has 1 unspecified atom stereocenters. The number of rotatable bonds is 49. The smallest absolute Gasteiger partial charge is 0.306 e. The van der Waals surface area contributed by atoms with Gasteiger partial charge in [-0.15, -0.1) is 0 Å². The van der Waals surface area contributed by atoms with E-state index in [1.54, 1.807) is 0 Å². The van der Waals surface area contributed by atoms with Gasteiger partial charge in [-0.1, -0.05) is 231 Å². The van der Waals surface area contributed by atoms with Gasteiger partial charge >= 0.3 is 17.9 Å². The van der Waals surface area contributed by atoms with Gasteiger partial charge in [0.1, 0.15) is 13.2 Å². The summed E-state index contributed by atoms with van der Waals surface area (Å²) in [5, 5.41) is 0. The highest BCUT2D eigenvalue weighted by atomic mass is 16.6. The van der Waals surface area contributed by atoms with Gasteiger partial charge in [-0.3, -0.25) is 14.4 Å². The van der Waals surface area contributed by atoms with E-state index in [1.165, 1.54) is 0 Å². The first kappa shape index (κ1) is 66.3. The molecule has 0 aromatic rings. The molecule has 0 heterocycles. The largest absolute Gasteiger partial charge is 0.462 e. The Bertz CT molecular complexity index is 1590. The van der Waals surface area contributed by atoms with Crippen molar-refractivity contribution in [3.05, 3.63) is 146 Å². The predicted molar refractivity (Wildman–Crippen MR) is 306 cm³/mol. The molecule has 6 nitrogen and oxygen atoms in total. The highest BCUT2D eigenvalue weighted by Gasteiger charge is 2.19. The fourth-order valence-electron chi connectivity index (χ4n) is 7.15. The Kier molecular flexibility index (Phi) is 54.0. The van der Waals surface area contributed by atoms with Crippen LogP contribution in [0.2, 0.25) is 0 Å². The molecule has 398 valence electrons. The zero-order valence-corrected chi connectivity index (χ0v) is 45.4. The van der Waals surface area contributed by atoms with Crippen LogP contribution in [0.3, 0.4) is 0 Å². The van der Waals surface area contributed by atoms with E-state index in [9.17, 15) is 14.4 Å². The van der Waals surface area contributed by atoms with Crippen LogP contribution in [0.4, 0.5) is 0 Å². The maximum atomic E-state index is 12.7. The third kappa shape index (κ3) is 56.1. The van der Waals surface area contributed by atoms with Crippen LogP contribution in [0.1, 0.15) is 226 Å². The first-order valence-corrected chi connectivity index (χ1v) is 28.3. The van der Waals surface area contributed by atoms with Gasteiger partial charge < -0.3 is 14.2 Å². The number of carbonyl (C=O) groups is 3. The minimum atomic E-state index is -0.796. The zero-order chi connectivity index (χ0) is 51.4. The second kappa shape index (κ2) is 57.9. The van der Waals surface area contributed by atoms with E-state index >= 15 is 0 Å². The van der Waals surface area contributed by atoms with E-state index in [0.717, 1.165) is 186 Å². The van der Waals surface area contributed by atoms with Crippen LogP contribution in [-0.4, -0.2) is 37.2 Å². The van der Waals surface area contributed by atoms with E-state index in [4.69, 9.17) is 14.2 Å². The summed E-state index contributed by atoms with van der Waals surface area (Å²) < 4.78 is 16.7. The van der Waals surface area contributed by atoms with Crippen molar-refractivity contribution in [2.75, 3.05) is 13.2 Å². The molecule has 0 aromatic carbocycles. The molecule has 0 amide bonds. The molecule has 0 N–H and O–H groups in total. The van der Waals surface area contributed by atoms with Gasteiger partial charge in [-0.25, -0.2) is 0 Å². The van der Waals surface area contributed by atoms with Gasteiger partial charge in [0.2, 0.25) is 0 Å². The molecule has 0 aliphatic carbocycles. The summed E-state index contributed by atoms with van der Waals surface area (Å²) in [5.74, 6) is -0.957. The average molecular weight is 980 g/mol. The maximum Gasteiger partial charge on any atom is 0.306 e. The van der Waals surface area contributed by atoms with Crippen molar-refractivity contribution in [2.24, 2.45) is 0 Å². The minimum absolute atomic E-state index is 0.0968. The van der Waals surface area contributed by atoms with Crippen molar-refractivity contribution >= 4 is 17.9 Å². The summed E-state index contributed by atoms with van der Waals surface area (Å²) >= 11 is 0. The molecular weight excluding hydrogens is 877 g/mol. The molecule has 71 heavy (non-hydrogen) atoms. The molecule has 0 fully saturated rings. The van der Waals surface area contributed by atoms with Gasteiger partial charge in [0, 0.05) is 19.3 Å². The topological polar surface area (TPSA) is 78.9 Å². The van der Waals surface area contributed by atoms with Crippen molar-refractivity contribution in [1.29, 1.82) is 0 Å². The lowest BCUT2D eigenvalue weighted by molar-refractivity contribution is -0.167. The lowest BCUT2D eigenvalue weighted by atomic mass is 10.1. The van der Waals surface area contributed by atoms with Crippen molar-refractivity contribution in [3.8, 4) is 0 Å². The first-order chi connectivity index (χ1) is 35.0. The van der Waals surface area contributed by atoms with Crippen LogP contribution < -0.4 is 0 Å². The lowest BCUT2D eigenvalue weighted by Crippen LogP contribution is -2.30. The summed E-state index contributed by atoms with van der Waals surface area (Å²) in [6, 6.07) is 0. The van der Waals surface area contributed by atoms with Crippen LogP contribution in [0.5, 0.6) is 0 Å². The number of hydrogen-bond acceptors (Lipinski definition) is 6. The second-order valence-electron chi connectivity index (χ2n) is 18.1. The quantitative estimate of drug-likeness (QED) is 0.0262. The van der Waals surface area contributed by atoms with Gasteiger partial charge in [-0.2, -0.15) is 0 Å². The number of esters is 3. The summed E-state index contributed by atoms with van der Waals surface area (Å²) in [6.45, 7) is 6.27. The van der Waals surface area contributed by atoms with Crippen LogP contribution >= 0.6 is 0 Å². The third-order valence-electron chi connectivity index (χ3n) is 11.3. The van der Waals surface area contributed by atoms with E-state index in [0.29, 0.717) is 19.3 Å². The molecule has 0 radical (unpaired) electrons. The summed E-state index contributed by atoms with van der Waals surface area (Å²) in [6.07, 6.45) is 83.1. The normalized spacial score (nSPS) is 13.2. The summed E-state index contributed by atoms with van der Waals surface area (Å²) in [7, 11) is 0. The van der Waals surface area contributed by atoms with Crippen molar-refractivity contribution in [1.82, 2.24) is 0 Å². The first-order valence-electron chi connectivity index (χ1n) is 28.3. The number of ether oxygens (including phenoxy) is 3. The number of carbonyl (C=O) groups excluding carboxylic acids is 3. The third-order valence-corrected chi connectivity index (χ3v) is 11.3. The Hall–Kier alpha value is -4.71. The van der Waals surface area contributed by atoms with Gasteiger partial charge in [0.25, 0.3) is 0 Å². The Morgan fingerprint density at radius 1 is 0.296 bits per heavy atom. The van der Waals surface area contributed by atoms with Crippen LogP contribution in [-0.2, 0) is 28.6 Å². The molecular formula is C65H102O6. The molecule has 6 heteroatoms. The Balaban J connectivity index is 4.16. The van der Waals surface area contributed by atoms with Crippen molar-refractivity contribution < 1.29 is 28.6 Å². The molecule has 0 aromatic heterocycles. The fourth-order valence-corrected chi connectivity index (χ4v) is 7.15. The number of hydrogen-bond donors (Lipinski definition) is 0. The predicted octanol–water partition coefficient (Wildman–Crippen LogP) is 19.2. The average Bonchev–Trinajstić information content (AvgIpc) is 3.37. The summed E-state index contributed by atoms with van der Waals surface area (Å²) in [4.78, 5) is 37.7. The summed E-state index contributed by atoms with van der Waals surface area (Å²) in [5.41, 5.74) is 0. The molecule has 0 saturated heterocycles. The molecule has 0 rings (SSSR count). The minimum Gasteiger partial charge on any atom is -0.462 e. The highest BCUT2D eigenvalue weighted by Crippen LogP contribution is 2.13. The standard InChI is InChI=1S/C65H102O6/c1-4-7-10-13-15-17-19-21-23-24-25-26-27-28-29-30-31-32-33-34-35-36-37-38-39-40-42-43-45-47-49-52-55-58-64(67)70-61-62(60-69-63(66)57-54-51-12-9-6-3)71-65(68)59-56-53-50-48-46-44-41-22-20-18-16-14-11-8-5-2/h7-8,10-11,15-18,21-23,25-26,28-29,31-32,34-35,37-38,40-42,62H,4-6,9,12-14,19-20,24,27,30,33,36,39,43-61H2,1-3H3/b10-7-,11-8-,17-15-,18-16-,23-21-,26-25-,29-28-,32-31-,35-34-,38-37-,41-22-,42-40-. The molecule has 0 bridgehead atoms. The second-order valence-corrected chi connectivity index (χ2v) is 18.1. The van der Waals surface area contributed by atoms with Gasteiger partial charge in [0.15, 0.2) is 6.10 Å². The monoisotopic (exact) mass is 979 g/mol. The SMILES string of the molecule is CC/C=C\C/C=C\C/C=C\C/C=C\C/C=C\C/C=C\C/C=C\C/C=C\C/C=C\CCCCCCCC(=O)OCC(COC(=O)CCCCCCC)OC(=O)CCCCCCC/C=C\C/C=C\C/C=C\CC. The van der Waals surface area contributed by atoms with Crippen molar-refractivity contribution in [2.45, 2.75) is 232 Å². The molecule has 0 spiro atoms. The van der Waals surface area contributed by atoms with Crippen LogP contribution in [0.15, 0.2) is 146 Å². The number of allylic oxidation sites excluding steroid dienone is 24. The highest BCUT2D eigenvalue weighted by molar-refractivity contribution is 5.71. The zero-order valence-electron chi connectivity index (χ0n) is 45.4. The van der Waals surface area contributed by atoms with Crippen LogP contribution in [0.25, 0.3) is 0 Å². The lowest BCUT2D eigenvalue weighted by Gasteiger charge is -2.18. The maximum absolute atomic E-state index is 12.7. The van der Waals surface area contributed by atoms with Gasteiger partial charge in [0.05, 0.1) is 0 Å². The van der Waals surface area contributed by atoms with Gasteiger partial charge in [-0.05, 0) is 122 Å². The molecule has 0 aliphatic heterocycles. The van der Waals surface area contributed by atoms with E-state index in [2.05, 4.69) is 167 Å². The Morgan fingerprint density at radius 3 is 0.859 bits per heavy atom. The molecule has 0 aliphatic rings. The Morgan fingerprint density at radius 2 is 0.549 bits per heavy atom. The fraction of sp³-hybridized carbons (Fsp3) is 0.585. The van der Waals surface area contributed by atoms with E-state index in [1.807, 2.05) is 0 Å². The Labute approximate surface area is 436 Å². The molecule has 0 saturated carbocycles.